The Hall–Kier alpha value is -3.93. The van der Waals surface area contributed by atoms with Crippen LogP contribution in [0.4, 0.5) is 4.39 Å². The number of allylic oxidation sites excluding steroid dienone is 1. The van der Waals surface area contributed by atoms with E-state index < -0.39 is 5.95 Å². The van der Waals surface area contributed by atoms with E-state index in [0.29, 0.717) is 30.5 Å². The van der Waals surface area contributed by atoms with Crippen molar-refractivity contribution in [1.82, 2.24) is 15.1 Å². The van der Waals surface area contributed by atoms with Crippen molar-refractivity contribution in [1.29, 1.82) is 0 Å². The zero-order valence-corrected chi connectivity index (χ0v) is 19.8. The van der Waals surface area contributed by atoms with E-state index in [1.54, 1.807) is 0 Å². The van der Waals surface area contributed by atoms with Crippen LogP contribution in [-0.2, 0) is 4.79 Å². The predicted molar refractivity (Wildman–Crippen MR) is 136 cm³/mol. The van der Waals surface area contributed by atoms with Gasteiger partial charge in [0, 0.05) is 13.0 Å². The van der Waals surface area contributed by atoms with Crippen molar-refractivity contribution in [2.24, 2.45) is 0 Å². The average molecular weight is 470 g/mol. The molecule has 3 aromatic carbocycles. The number of amides is 1. The molecule has 1 fully saturated rings. The number of H-pyrrole nitrogens is 1. The number of carbonyl (C=O) groups excluding carboxylic acids is 1. The number of benzene rings is 3. The summed E-state index contributed by atoms with van der Waals surface area (Å²) in [7, 11) is 0. The molecule has 0 spiro atoms. The Bertz CT molecular complexity index is 1360. The molecule has 1 N–H and O–H groups in total. The van der Waals surface area contributed by atoms with E-state index in [2.05, 4.69) is 29.3 Å². The van der Waals surface area contributed by atoms with E-state index in [0.717, 1.165) is 47.4 Å². The number of nitrogens with zero attached hydrogens (tertiary/aromatic N) is 2. The molecular formula is C29H28FN3O2. The lowest BCUT2D eigenvalue weighted by Gasteiger charge is -2.18. The minimum atomic E-state index is -0.501. The smallest absolute Gasteiger partial charge is 0.240 e. The standard InChI is InChI=1S/C29H28FN3O2/c1-2-24(20-7-4-3-5-8-20)28(22-12-15-26-25(19-22)29(30)32-31-26)21-10-13-23(14-11-21)35-18-17-33-16-6-9-27(33)34/h3-5,7-8,10-15,19H,2,6,9,16-18H2,1H3,(H,31,32)/b28-24+. The van der Waals surface area contributed by atoms with Gasteiger partial charge in [0.15, 0.2) is 0 Å². The maximum Gasteiger partial charge on any atom is 0.240 e. The number of carbonyl (C=O) groups is 1. The molecule has 1 saturated heterocycles. The van der Waals surface area contributed by atoms with Crippen LogP contribution in [0, 0.1) is 5.95 Å². The van der Waals surface area contributed by atoms with E-state index in [4.69, 9.17) is 4.74 Å². The van der Waals surface area contributed by atoms with E-state index in [1.165, 1.54) is 5.57 Å². The molecule has 0 atom stereocenters. The molecule has 5 rings (SSSR count). The fraction of sp³-hybridized carbons (Fsp3) is 0.241. The summed E-state index contributed by atoms with van der Waals surface area (Å²) in [5.74, 6) is 0.464. The van der Waals surface area contributed by atoms with Crippen molar-refractivity contribution in [2.45, 2.75) is 26.2 Å². The second-order valence-corrected chi connectivity index (χ2v) is 8.71. The van der Waals surface area contributed by atoms with E-state index in [-0.39, 0.29) is 5.91 Å². The number of ether oxygens (including phenoxy) is 1. The minimum Gasteiger partial charge on any atom is -0.492 e. The molecule has 4 aromatic rings. The summed E-state index contributed by atoms with van der Waals surface area (Å²) in [5, 5.41) is 6.93. The first-order valence-electron chi connectivity index (χ1n) is 12.1. The molecule has 1 amide bonds. The Morgan fingerprint density at radius 3 is 2.51 bits per heavy atom. The topological polar surface area (TPSA) is 58.2 Å². The fourth-order valence-electron chi connectivity index (χ4n) is 4.75. The van der Waals surface area contributed by atoms with Crippen molar-refractivity contribution < 1.29 is 13.9 Å². The summed E-state index contributed by atoms with van der Waals surface area (Å²) < 4.78 is 20.2. The van der Waals surface area contributed by atoms with Crippen LogP contribution in [0.15, 0.2) is 72.8 Å². The summed E-state index contributed by atoms with van der Waals surface area (Å²) in [6, 6.07) is 24.0. The summed E-state index contributed by atoms with van der Waals surface area (Å²) >= 11 is 0. The van der Waals surface area contributed by atoms with Gasteiger partial charge in [-0.25, -0.2) is 0 Å². The summed E-state index contributed by atoms with van der Waals surface area (Å²) in [6.45, 7) is 4.02. The van der Waals surface area contributed by atoms with E-state index in [1.807, 2.05) is 65.6 Å². The lowest BCUT2D eigenvalue weighted by atomic mass is 9.88. The second-order valence-electron chi connectivity index (χ2n) is 8.71. The Labute approximate surface area is 204 Å². The van der Waals surface area contributed by atoms with Gasteiger partial charge in [-0.3, -0.25) is 9.89 Å². The zero-order valence-electron chi connectivity index (χ0n) is 19.8. The monoisotopic (exact) mass is 469 g/mol. The van der Waals surface area contributed by atoms with Crippen molar-refractivity contribution >= 4 is 28.0 Å². The SMILES string of the molecule is CC/C(=C(/c1ccc(OCCN2CCCC2=O)cc1)c1ccc2[nH]nc(F)c2c1)c1ccccc1. The summed E-state index contributed by atoms with van der Waals surface area (Å²) in [4.78, 5) is 13.7. The maximum absolute atomic E-state index is 14.3. The largest absolute Gasteiger partial charge is 0.492 e. The molecule has 0 bridgehead atoms. The maximum atomic E-state index is 14.3. The van der Waals surface area contributed by atoms with Gasteiger partial charge in [-0.1, -0.05) is 55.5 Å². The molecule has 1 aliphatic rings. The Kier molecular flexibility index (Phi) is 6.62. The second kappa shape index (κ2) is 10.1. The minimum absolute atomic E-state index is 0.206. The third-order valence-corrected chi connectivity index (χ3v) is 6.53. The Morgan fingerprint density at radius 2 is 1.80 bits per heavy atom. The molecule has 178 valence electrons. The number of hydrogen-bond donors (Lipinski definition) is 1. The molecule has 1 aromatic heterocycles. The lowest BCUT2D eigenvalue weighted by Crippen LogP contribution is -2.29. The highest BCUT2D eigenvalue weighted by Crippen LogP contribution is 2.36. The van der Waals surface area contributed by atoms with Crippen molar-refractivity contribution in [3.63, 3.8) is 0 Å². The van der Waals surface area contributed by atoms with Gasteiger partial charge in [0.05, 0.1) is 17.4 Å². The van der Waals surface area contributed by atoms with Crippen LogP contribution in [0.25, 0.3) is 22.0 Å². The van der Waals surface area contributed by atoms with Gasteiger partial charge in [-0.15, -0.1) is 5.10 Å². The molecular weight excluding hydrogens is 441 g/mol. The molecule has 6 heteroatoms. The van der Waals surface area contributed by atoms with Crippen molar-refractivity contribution in [3.05, 3.63) is 95.4 Å². The number of nitrogens with one attached hydrogen (secondary N) is 1. The number of rotatable bonds is 8. The van der Waals surface area contributed by atoms with Gasteiger partial charge in [-0.2, -0.15) is 4.39 Å². The van der Waals surface area contributed by atoms with Crippen LogP contribution in [-0.4, -0.2) is 40.7 Å². The highest BCUT2D eigenvalue weighted by Gasteiger charge is 2.19. The van der Waals surface area contributed by atoms with Crippen LogP contribution in [0.5, 0.6) is 5.75 Å². The van der Waals surface area contributed by atoms with Gasteiger partial charge >= 0.3 is 0 Å². The lowest BCUT2D eigenvalue weighted by molar-refractivity contribution is -0.128. The zero-order chi connectivity index (χ0) is 24.2. The number of hydrogen-bond acceptors (Lipinski definition) is 3. The third-order valence-electron chi connectivity index (χ3n) is 6.53. The first-order chi connectivity index (χ1) is 17.1. The van der Waals surface area contributed by atoms with Gasteiger partial charge in [0.1, 0.15) is 12.4 Å². The predicted octanol–water partition coefficient (Wildman–Crippen LogP) is 6.07. The number of fused-ring (bicyclic) bond motifs is 1. The summed E-state index contributed by atoms with van der Waals surface area (Å²) in [5.41, 5.74) is 5.98. The summed E-state index contributed by atoms with van der Waals surface area (Å²) in [6.07, 6.45) is 2.38. The molecule has 5 nitrogen and oxygen atoms in total. The molecule has 0 aliphatic carbocycles. The van der Waals surface area contributed by atoms with Crippen molar-refractivity contribution in [2.75, 3.05) is 19.7 Å². The molecule has 35 heavy (non-hydrogen) atoms. The third kappa shape index (κ3) is 4.83. The van der Waals surface area contributed by atoms with Crippen LogP contribution < -0.4 is 4.74 Å². The van der Waals surface area contributed by atoms with E-state index in [9.17, 15) is 9.18 Å². The van der Waals surface area contributed by atoms with Gasteiger partial charge in [-0.05, 0) is 64.9 Å². The quantitative estimate of drug-likeness (QED) is 0.319. The molecule has 0 saturated carbocycles. The highest BCUT2D eigenvalue weighted by molar-refractivity contribution is 6.00. The normalized spacial score (nSPS) is 14.5. The van der Waals surface area contributed by atoms with Gasteiger partial charge in [0.2, 0.25) is 11.9 Å². The highest BCUT2D eigenvalue weighted by atomic mass is 19.1. The fourth-order valence-corrected chi connectivity index (χ4v) is 4.75. The average Bonchev–Trinajstić information content (AvgIpc) is 3.48. The van der Waals surface area contributed by atoms with Crippen LogP contribution in [0.1, 0.15) is 42.9 Å². The number of aromatic nitrogens is 2. The first kappa shape index (κ1) is 22.8. The molecule has 0 unspecified atom stereocenters. The number of likely N-dealkylation sites (tertiary alicyclic amines) is 1. The molecule has 0 radical (unpaired) electrons. The number of aromatic amines is 1. The molecule has 1 aliphatic heterocycles. The first-order valence-corrected chi connectivity index (χ1v) is 12.1. The van der Waals surface area contributed by atoms with Crippen molar-refractivity contribution in [3.8, 4) is 5.75 Å². The van der Waals surface area contributed by atoms with Gasteiger partial charge in [0.25, 0.3) is 0 Å². The van der Waals surface area contributed by atoms with Crippen LogP contribution in [0.2, 0.25) is 0 Å². The van der Waals surface area contributed by atoms with Crippen LogP contribution >= 0.6 is 0 Å². The Balaban J connectivity index is 1.48. The number of halogens is 1. The molecule has 2 heterocycles. The van der Waals surface area contributed by atoms with Gasteiger partial charge < -0.3 is 9.64 Å². The van der Waals surface area contributed by atoms with Crippen LogP contribution in [0.3, 0.4) is 0 Å². The van der Waals surface area contributed by atoms with E-state index >= 15 is 0 Å². The Morgan fingerprint density at radius 1 is 1.03 bits per heavy atom.